The second-order valence-electron chi connectivity index (χ2n) is 7.00. The number of nitrogens with zero attached hydrogens (tertiary/aromatic N) is 3. The Morgan fingerprint density at radius 2 is 1.84 bits per heavy atom. The Balaban J connectivity index is 1.41. The summed E-state index contributed by atoms with van der Waals surface area (Å²) in [4.78, 5) is 7.03. The molecule has 1 atom stereocenters. The minimum Gasteiger partial charge on any atom is -0.492 e. The maximum Gasteiger partial charge on any atom is 0.119 e. The van der Waals surface area contributed by atoms with E-state index in [1.807, 2.05) is 0 Å². The van der Waals surface area contributed by atoms with Crippen LogP contribution in [0.4, 0.5) is 0 Å². The van der Waals surface area contributed by atoms with Gasteiger partial charge in [-0.3, -0.25) is 14.7 Å². The lowest BCUT2D eigenvalue weighted by molar-refractivity contribution is 0.0322. The molecule has 140 valence electrons. The third kappa shape index (κ3) is 5.66. The second-order valence-corrected chi connectivity index (χ2v) is 7.00. The highest BCUT2D eigenvalue weighted by molar-refractivity contribution is 5.27. The van der Waals surface area contributed by atoms with Gasteiger partial charge in [-0.05, 0) is 24.7 Å². The Morgan fingerprint density at radius 1 is 1.08 bits per heavy atom. The molecule has 0 saturated carbocycles. The zero-order chi connectivity index (χ0) is 17.5. The number of ether oxygens (including phenoxy) is 2. The molecule has 2 heterocycles. The van der Waals surface area contributed by atoms with E-state index < -0.39 is 0 Å². The summed E-state index contributed by atoms with van der Waals surface area (Å²) in [6.07, 6.45) is 0. The van der Waals surface area contributed by atoms with Crippen LogP contribution in [0.3, 0.4) is 0 Å². The smallest absolute Gasteiger partial charge is 0.119 e. The fourth-order valence-electron chi connectivity index (χ4n) is 3.42. The molecule has 0 unspecified atom stereocenters. The minimum absolute atomic E-state index is 0.225. The molecule has 6 nitrogen and oxygen atoms in total. The van der Waals surface area contributed by atoms with Crippen LogP contribution >= 0.6 is 0 Å². The molecule has 1 aromatic carbocycles. The predicted molar refractivity (Wildman–Crippen MR) is 98.0 cm³/mol. The van der Waals surface area contributed by atoms with Gasteiger partial charge in [0.1, 0.15) is 12.4 Å². The van der Waals surface area contributed by atoms with Crippen LogP contribution in [-0.4, -0.2) is 98.6 Å². The minimum atomic E-state index is 0.225. The molecule has 0 radical (unpaired) electrons. The lowest BCUT2D eigenvalue weighted by Gasteiger charge is -2.38. The zero-order valence-electron chi connectivity index (χ0n) is 15.3. The number of rotatable bonds is 7. The number of hydrogen-bond donors (Lipinski definition) is 1. The van der Waals surface area contributed by atoms with Gasteiger partial charge in [0, 0.05) is 51.9 Å². The summed E-state index contributed by atoms with van der Waals surface area (Å²) in [5, 5.41) is 9.46. The molecule has 1 N–H and O–H groups in total. The van der Waals surface area contributed by atoms with Gasteiger partial charge in [0.15, 0.2) is 0 Å². The maximum absolute atomic E-state index is 9.46. The van der Waals surface area contributed by atoms with E-state index >= 15 is 0 Å². The van der Waals surface area contributed by atoms with Gasteiger partial charge in [0.2, 0.25) is 0 Å². The van der Waals surface area contributed by atoms with Crippen molar-refractivity contribution in [2.24, 2.45) is 0 Å². The first kappa shape index (κ1) is 18.6. The van der Waals surface area contributed by atoms with Gasteiger partial charge in [-0.1, -0.05) is 12.1 Å². The van der Waals surface area contributed by atoms with Crippen molar-refractivity contribution in [1.29, 1.82) is 0 Å². The third-order valence-electron chi connectivity index (χ3n) is 5.18. The maximum atomic E-state index is 9.46. The van der Waals surface area contributed by atoms with Crippen LogP contribution in [-0.2, 0) is 11.3 Å². The van der Waals surface area contributed by atoms with Crippen molar-refractivity contribution in [2.75, 3.05) is 72.7 Å². The topological polar surface area (TPSA) is 48.4 Å². The summed E-state index contributed by atoms with van der Waals surface area (Å²) in [7, 11) is 2.08. The van der Waals surface area contributed by atoms with Gasteiger partial charge < -0.3 is 14.6 Å². The van der Waals surface area contributed by atoms with Crippen LogP contribution in [0, 0.1) is 0 Å². The van der Waals surface area contributed by atoms with Crippen molar-refractivity contribution in [3.63, 3.8) is 0 Å². The van der Waals surface area contributed by atoms with Crippen molar-refractivity contribution in [3.05, 3.63) is 29.8 Å². The standard InChI is InChI=1S/C19H31N3O3/c1-20-6-7-22(15-18(20)16-23)14-17-2-4-19(5-3-17)25-13-10-21-8-11-24-12-9-21/h2-5,18,23H,6-16H2,1H3/t18-/m1/s1. The van der Waals surface area contributed by atoms with Crippen LogP contribution < -0.4 is 4.74 Å². The summed E-state index contributed by atoms with van der Waals surface area (Å²) in [5.74, 6) is 0.934. The van der Waals surface area contributed by atoms with Crippen LogP contribution in [0.25, 0.3) is 0 Å². The second kappa shape index (κ2) is 9.50. The van der Waals surface area contributed by atoms with Gasteiger partial charge >= 0.3 is 0 Å². The average molecular weight is 349 g/mol. The van der Waals surface area contributed by atoms with E-state index in [9.17, 15) is 5.11 Å². The van der Waals surface area contributed by atoms with Crippen molar-refractivity contribution < 1.29 is 14.6 Å². The van der Waals surface area contributed by atoms with E-state index in [4.69, 9.17) is 9.47 Å². The van der Waals surface area contributed by atoms with Crippen LogP contribution in [0.2, 0.25) is 0 Å². The lowest BCUT2D eigenvalue weighted by Crippen LogP contribution is -2.52. The SMILES string of the molecule is CN1CCN(Cc2ccc(OCCN3CCOCC3)cc2)C[C@@H]1CO. The highest BCUT2D eigenvalue weighted by Crippen LogP contribution is 2.16. The van der Waals surface area contributed by atoms with E-state index in [2.05, 4.69) is 46.0 Å². The van der Waals surface area contributed by atoms with Crippen molar-refractivity contribution in [3.8, 4) is 5.75 Å². The highest BCUT2D eigenvalue weighted by Gasteiger charge is 2.23. The number of morpholine rings is 1. The van der Waals surface area contributed by atoms with Crippen molar-refractivity contribution >= 4 is 0 Å². The van der Waals surface area contributed by atoms with Gasteiger partial charge in [-0.25, -0.2) is 0 Å². The number of piperazine rings is 1. The molecule has 2 saturated heterocycles. The van der Waals surface area contributed by atoms with Crippen molar-refractivity contribution in [1.82, 2.24) is 14.7 Å². The molecule has 0 bridgehead atoms. The molecule has 0 aliphatic carbocycles. The average Bonchev–Trinajstić information content (AvgIpc) is 2.65. The number of aliphatic hydroxyl groups is 1. The predicted octanol–water partition coefficient (Wildman–Crippen LogP) is 0.506. The Labute approximate surface area is 150 Å². The third-order valence-corrected chi connectivity index (χ3v) is 5.18. The molecule has 2 aliphatic rings. The first-order valence-corrected chi connectivity index (χ1v) is 9.30. The Kier molecular flexibility index (Phi) is 7.07. The molecule has 6 heteroatoms. The van der Waals surface area contributed by atoms with E-state index in [0.717, 1.165) is 71.4 Å². The molecule has 0 spiro atoms. The first-order chi connectivity index (χ1) is 12.2. The normalized spacial score (nSPS) is 23.7. The molecule has 1 aromatic rings. The fraction of sp³-hybridized carbons (Fsp3) is 0.684. The first-order valence-electron chi connectivity index (χ1n) is 9.30. The number of likely N-dealkylation sites (N-methyl/N-ethyl adjacent to an activating group) is 1. The number of aliphatic hydroxyl groups excluding tert-OH is 1. The lowest BCUT2D eigenvalue weighted by atomic mass is 10.1. The molecule has 2 aliphatic heterocycles. The summed E-state index contributed by atoms with van der Waals surface area (Å²) in [5.41, 5.74) is 1.29. The van der Waals surface area contributed by atoms with Gasteiger partial charge in [-0.2, -0.15) is 0 Å². The molecular formula is C19H31N3O3. The van der Waals surface area contributed by atoms with Crippen LogP contribution in [0.1, 0.15) is 5.56 Å². The van der Waals surface area contributed by atoms with E-state index in [1.54, 1.807) is 0 Å². The zero-order valence-corrected chi connectivity index (χ0v) is 15.3. The number of hydrogen-bond acceptors (Lipinski definition) is 6. The monoisotopic (exact) mass is 349 g/mol. The Bertz CT molecular complexity index is 505. The van der Waals surface area contributed by atoms with Crippen molar-refractivity contribution in [2.45, 2.75) is 12.6 Å². The Hall–Kier alpha value is -1.18. The largest absolute Gasteiger partial charge is 0.492 e. The van der Waals surface area contributed by atoms with Gasteiger partial charge in [-0.15, -0.1) is 0 Å². The van der Waals surface area contributed by atoms with E-state index in [1.165, 1.54) is 5.56 Å². The molecule has 3 rings (SSSR count). The molecule has 0 amide bonds. The summed E-state index contributed by atoms with van der Waals surface area (Å²) in [6, 6.07) is 8.67. The summed E-state index contributed by atoms with van der Waals surface area (Å²) >= 11 is 0. The van der Waals surface area contributed by atoms with Gasteiger partial charge in [0.25, 0.3) is 0 Å². The molecular weight excluding hydrogens is 318 g/mol. The van der Waals surface area contributed by atoms with E-state index in [0.29, 0.717) is 0 Å². The molecule has 25 heavy (non-hydrogen) atoms. The van der Waals surface area contributed by atoms with Crippen LogP contribution in [0.5, 0.6) is 5.75 Å². The number of benzene rings is 1. The quantitative estimate of drug-likeness (QED) is 0.774. The molecule has 2 fully saturated rings. The van der Waals surface area contributed by atoms with E-state index in [-0.39, 0.29) is 12.6 Å². The van der Waals surface area contributed by atoms with Gasteiger partial charge in [0.05, 0.1) is 19.8 Å². The summed E-state index contributed by atoms with van der Waals surface area (Å²) < 4.78 is 11.2. The molecule has 0 aromatic heterocycles. The fourth-order valence-corrected chi connectivity index (χ4v) is 3.42. The van der Waals surface area contributed by atoms with Crippen LogP contribution in [0.15, 0.2) is 24.3 Å². The Morgan fingerprint density at radius 3 is 2.56 bits per heavy atom. The highest BCUT2D eigenvalue weighted by atomic mass is 16.5. The summed E-state index contributed by atoms with van der Waals surface area (Å²) in [6.45, 7) is 9.47.